The van der Waals surface area contributed by atoms with E-state index in [0.717, 1.165) is 19.4 Å². The first-order valence-electron chi connectivity index (χ1n) is 6.74. The number of carbonyl (C=O) groups excluding carboxylic acids is 1. The van der Waals surface area contributed by atoms with Crippen LogP contribution in [-0.4, -0.2) is 49.6 Å². The highest BCUT2D eigenvalue weighted by Crippen LogP contribution is 2.16. The number of ether oxygens (including phenoxy) is 1. The van der Waals surface area contributed by atoms with Crippen LogP contribution in [0, 0.1) is 0 Å². The van der Waals surface area contributed by atoms with Crippen molar-refractivity contribution in [3.8, 4) is 0 Å². The number of nitrogens with one attached hydrogen (secondary N) is 1. The molecule has 1 amide bonds. The summed E-state index contributed by atoms with van der Waals surface area (Å²) in [6.45, 7) is 4.14. The van der Waals surface area contributed by atoms with Gasteiger partial charge in [-0.3, -0.25) is 4.79 Å². The third-order valence-corrected chi connectivity index (χ3v) is 2.98. The summed E-state index contributed by atoms with van der Waals surface area (Å²) >= 11 is 5.96. The molecule has 0 fully saturated rings. The van der Waals surface area contributed by atoms with Gasteiger partial charge in [0.15, 0.2) is 0 Å². The number of amides is 1. The topological polar surface area (TPSA) is 54.5 Å². The van der Waals surface area contributed by atoms with Crippen LogP contribution in [0.4, 0.5) is 5.82 Å². The van der Waals surface area contributed by atoms with Crippen molar-refractivity contribution in [2.24, 2.45) is 0 Å². The largest absolute Gasteiger partial charge is 0.385 e. The number of halogens is 1. The van der Waals surface area contributed by atoms with Crippen molar-refractivity contribution >= 4 is 23.3 Å². The van der Waals surface area contributed by atoms with Crippen LogP contribution in [0.5, 0.6) is 0 Å². The summed E-state index contributed by atoms with van der Waals surface area (Å²) in [4.78, 5) is 18.1. The lowest BCUT2D eigenvalue weighted by atomic mass is 10.2. The van der Waals surface area contributed by atoms with E-state index in [0.29, 0.717) is 29.7 Å². The van der Waals surface area contributed by atoms with Crippen LogP contribution < -0.4 is 5.32 Å². The van der Waals surface area contributed by atoms with Crippen molar-refractivity contribution in [3.05, 3.63) is 22.8 Å². The average molecular weight is 300 g/mol. The Hall–Kier alpha value is -1.33. The van der Waals surface area contributed by atoms with Crippen LogP contribution in [0.15, 0.2) is 12.1 Å². The normalized spacial score (nSPS) is 10.4. The molecule has 1 heterocycles. The van der Waals surface area contributed by atoms with E-state index in [-0.39, 0.29) is 5.91 Å². The van der Waals surface area contributed by atoms with E-state index in [2.05, 4.69) is 17.2 Å². The molecule has 6 heteroatoms. The smallest absolute Gasteiger partial charge is 0.253 e. The molecule has 1 N–H and O–H groups in total. The van der Waals surface area contributed by atoms with Gasteiger partial charge in [-0.05, 0) is 25.0 Å². The van der Waals surface area contributed by atoms with E-state index in [9.17, 15) is 4.79 Å². The molecule has 1 aromatic heterocycles. The van der Waals surface area contributed by atoms with Gasteiger partial charge in [-0.1, -0.05) is 18.5 Å². The first kappa shape index (κ1) is 16.7. The highest BCUT2D eigenvalue weighted by Gasteiger charge is 2.13. The van der Waals surface area contributed by atoms with Crippen LogP contribution >= 0.6 is 11.6 Å². The number of hydrogen-bond donors (Lipinski definition) is 1. The van der Waals surface area contributed by atoms with Crippen molar-refractivity contribution in [2.75, 3.05) is 39.2 Å². The Morgan fingerprint density at radius 3 is 2.90 bits per heavy atom. The summed E-state index contributed by atoms with van der Waals surface area (Å²) in [6.07, 6.45) is 1.78. The molecule has 0 aliphatic heterocycles. The summed E-state index contributed by atoms with van der Waals surface area (Å²) in [5.74, 6) is 0.568. The van der Waals surface area contributed by atoms with E-state index in [1.807, 2.05) is 0 Å². The first-order chi connectivity index (χ1) is 9.58. The molecule has 0 spiro atoms. The quantitative estimate of drug-likeness (QED) is 0.592. The molecule has 0 bridgehead atoms. The molecule has 0 unspecified atom stereocenters. The number of anilines is 1. The Morgan fingerprint density at radius 2 is 2.25 bits per heavy atom. The van der Waals surface area contributed by atoms with Crippen LogP contribution in [0.2, 0.25) is 5.15 Å². The van der Waals surface area contributed by atoms with Gasteiger partial charge < -0.3 is 15.0 Å². The van der Waals surface area contributed by atoms with E-state index in [1.165, 1.54) is 0 Å². The number of pyridine rings is 1. The summed E-state index contributed by atoms with van der Waals surface area (Å²) < 4.78 is 4.98. The lowest BCUT2D eigenvalue weighted by Crippen LogP contribution is -2.28. The van der Waals surface area contributed by atoms with Gasteiger partial charge in [-0.15, -0.1) is 0 Å². The number of aromatic nitrogens is 1. The van der Waals surface area contributed by atoms with Crippen LogP contribution in [0.3, 0.4) is 0 Å². The minimum atomic E-state index is -0.0649. The monoisotopic (exact) mass is 299 g/mol. The predicted molar refractivity (Wildman–Crippen MR) is 81.5 cm³/mol. The maximum atomic E-state index is 12.3. The number of nitrogens with zero attached hydrogens (tertiary/aromatic N) is 2. The number of hydrogen-bond acceptors (Lipinski definition) is 4. The van der Waals surface area contributed by atoms with E-state index >= 15 is 0 Å². The molecule has 0 aliphatic carbocycles. The Morgan fingerprint density at radius 1 is 1.50 bits per heavy atom. The molecule has 1 rings (SSSR count). The number of methoxy groups -OCH3 is 1. The molecular formula is C14H22ClN3O2. The van der Waals surface area contributed by atoms with Crippen molar-refractivity contribution < 1.29 is 9.53 Å². The minimum Gasteiger partial charge on any atom is -0.385 e. The molecule has 5 nitrogen and oxygen atoms in total. The second kappa shape index (κ2) is 8.76. The molecule has 112 valence electrons. The number of carbonyl (C=O) groups is 1. The van der Waals surface area contributed by atoms with Gasteiger partial charge in [-0.2, -0.15) is 0 Å². The molecule has 0 aromatic carbocycles. The molecule has 1 aromatic rings. The minimum absolute atomic E-state index is 0.0649. The van der Waals surface area contributed by atoms with Gasteiger partial charge in [-0.25, -0.2) is 4.98 Å². The van der Waals surface area contributed by atoms with Gasteiger partial charge in [0.2, 0.25) is 0 Å². The SMILES string of the molecule is CCCNc1cc(C(=O)N(C)CCCOC)cc(Cl)n1. The molecule has 0 radical (unpaired) electrons. The first-order valence-corrected chi connectivity index (χ1v) is 7.12. The van der Waals surface area contributed by atoms with Gasteiger partial charge >= 0.3 is 0 Å². The lowest BCUT2D eigenvalue weighted by Gasteiger charge is -2.17. The van der Waals surface area contributed by atoms with Gasteiger partial charge in [0.25, 0.3) is 5.91 Å². The van der Waals surface area contributed by atoms with Crippen molar-refractivity contribution in [1.82, 2.24) is 9.88 Å². The maximum Gasteiger partial charge on any atom is 0.253 e. The zero-order chi connectivity index (χ0) is 15.0. The zero-order valence-electron chi connectivity index (χ0n) is 12.3. The predicted octanol–water partition coefficient (Wildman–Crippen LogP) is 2.67. The average Bonchev–Trinajstić information content (AvgIpc) is 2.43. The fourth-order valence-electron chi connectivity index (χ4n) is 1.73. The third kappa shape index (κ3) is 5.35. The molecule has 0 saturated heterocycles. The van der Waals surface area contributed by atoms with Crippen molar-refractivity contribution in [2.45, 2.75) is 19.8 Å². The van der Waals surface area contributed by atoms with E-state index in [1.54, 1.807) is 31.2 Å². The van der Waals surface area contributed by atoms with E-state index in [4.69, 9.17) is 16.3 Å². The number of rotatable bonds is 8. The van der Waals surface area contributed by atoms with Crippen LogP contribution in [0.25, 0.3) is 0 Å². The van der Waals surface area contributed by atoms with Gasteiger partial charge in [0.05, 0.1) is 0 Å². The lowest BCUT2D eigenvalue weighted by molar-refractivity contribution is 0.0779. The fourth-order valence-corrected chi connectivity index (χ4v) is 1.94. The van der Waals surface area contributed by atoms with Crippen LogP contribution in [0.1, 0.15) is 30.1 Å². The molecule has 20 heavy (non-hydrogen) atoms. The molecule has 0 aliphatic rings. The van der Waals surface area contributed by atoms with Gasteiger partial charge in [0.1, 0.15) is 11.0 Å². The summed E-state index contributed by atoms with van der Waals surface area (Å²) in [5, 5.41) is 3.45. The highest BCUT2D eigenvalue weighted by molar-refractivity contribution is 6.29. The summed E-state index contributed by atoms with van der Waals surface area (Å²) in [7, 11) is 3.42. The zero-order valence-corrected chi connectivity index (χ0v) is 13.0. The Labute approximate surface area is 125 Å². The Bertz CT molecular complexity index is 440. The molecule has 0 atom stereocenters. The summed E-state index contributed by atoms with van der Waals surface area (Å²) in [5.41, 5.74) is 0.545. The van der Waals surface area contributed by atoms with Gasteiger partial charge in [0, 0.05) is 39.4 Å². The molecule has 0 saturated carbocycles. The fraction of sp³-hybridized carbons (Fsp3) is 0.571. The second-order valence-electron chi connectivity index (χ2n) is 4.56. The van der Waals surface area contributed by atoms with E-state index < -0.39 is 0 Å². The third-order valence-electron chi connectivity index (χ3n) is 2.79. The van der Waals surface area contributed by atoms with Crippen molar-refractivity contribution in [1.29, 1.82) is 0 Å². The maximum absolute atomic E-state index is 12.3. The van der Waals surface area contributed by atoms with Crippen molar-refractivity contribution in [3.63, 3.8) is 0 Å². The Balaban J connectivity index is 2.73. The Kier molecular flexibility index (Phi) is 7.33. The second-order valence-corrected chi connectivity index (χ2v) is 4.95. The molecular weight excluding hydrogens is 278 g/mol. The highest BCUT2D eigenvalue weighted by atomic mass is 35.5. The standard InChI is InChI=1S/C14H22ClN3O2/c1-4-6-16-13-10-11(9-12(15)17-13)14(19)18(2)7-5-8-20-3/h9-10H,4-8H2,1-3H3,(H,16,17). The van der Waals surface area contributed by atoms with Crippen LogP contribution in [-0.2, 0) is 4.74 Å². The summed E-state index contributed by atoms with van der Waals surface area (Å²) in [6, 6.07) is 3.32.